The van der Waals surface area contributed by atoms with E-state index in [1.807, 2.05) is 0 Å². The van der Waals surface area contributed by atoms with Crippen LogP contribution in [0.3, 0.4) is 0 Å². The summed E-state index contributed by atoms with van der Waals surface area (Å²) in [6.07, 6.45) is 0. The number of benzene rings is 2. The molecule has 0 spiro atoms. The van der Waals surface area contributed by atoms with Crippen LogP contribution in [0.1, 0.15) is 37.5 Å². The first-order valence-electron chi connectivity index (χ1n) is 10.9. The Hall–Kier alpha value is -4.51. The van der Waals surface area contributed by atoms with Crippen molar-refractivity contribution in [3.63, 3.8) is 0 Å². The van der Waals surface area contributed by atoms with Gasteiger partial charge in [0.15, 0.2) is 28.0 Å². The standard InChI is InChI=1S/C26H19FN2O7S/c1-12-23(25(33)35-3)37-26(28-12)29-19(14-8-4-5-9-15(14)27)18(21(31)24(29)32)20(30)17-11-13-7-6-10-16(34-2)22(13)36-17/h4-11,19,31H,1-3H3. The molecule has 5 rings (SSSR count). The number of furan rings is 1. The summed E-state index contributed by atoms with van der Waals surface area (Å²) in [5.41, 5.74) is 0.135. The minimum absolute atomic E-state index is 0.0169. The number of carbonyl (C=O) groups excluding carboxylic acids is 3. The van der Waals surface area contributed by atoms with E-state index < -0.39 is 35.3 Å². The van der Waals surface area contributed by atoms with Gasteiger partial charge in [-0.15, -0.1) is 0 Å². The Morgan fingerprint density at radius 2 is 1.92 bits per heavy atom. The first-order chi connectivity index (χ1) is 17.8. The molecule has 0 bridgehead atoms. The number of hydrogen-bond donors (Lipinski definition) is 1. The fourth-order valence-electron chi connectivity index (χ4n) is 4.23. The molecular formula is C26H19FN2O7S. The number of aromatic nitrogens is 1. The Morgan fingerprint density at radius 3 is 2.62 bits per heavy atom. The topological polar surface area (TPSA) is 119 Å². The van der Waals surface area contributed by atoms with Gasteiger partial charge < -0.3 is 19.0 Å². The molecule has 1 atom stereocenters. The maximum absolute atomic E-state index is 15.1. The van der Waals surface area contributed by atoms with E-state index in [1.165, 1.54) is 44.6 Å². The maximum atomic E-state index is 15.1. The summed E-state index contributed by atoms with van der Waals surface area (Å²) in [5, 5.41) is 11.5. The van der Waals surface area contributed by atoms with E-state index in [2.05, 4.69) is 4.98 Å². The monoisotopic (exact) mass is 522 g/mol. The Balaban J connectivity index is 1.67. The Labute approximate surface area is 213 Å². The number of ether oxygens (including phenoxy) is 2. The van der Waals surface area contributed by atoms with E-state index in [9.17, 15) is 19.5 Å². The van der Waals surface area contributed by atoms with Crippen LogP contribution in [0, 0.1) is 12.7 Å². The van der Waals surface area contributed by atoms with E-state index >= 15 is 4.39 Å². The van der Waals surface area contributed by atoms with Crippen molar-refractivity contribution in [2.45, 2.75) is 13.0 Å². The number of esters is 1. The average molecular weight is 523 g/mol. The fourth-order valence-corrected chi connectivity index (χ4v) is 5.25. The molecule has 0 saturated carbocycles. The molecule has 0 saturated heterocycles. The van der Waals surface area contributed by atoms with Gasteiger partial charge in [-0.1, -0.05) is 41.7 Å². The number of ketones is 1. The number of aliphatic hydroxyl groups is 1. The third kappa shape index (κ3) is 3.84. The quantitative estimate of drug-likeness (QED) is 0.280. The molecule has 1 aliphatic heterocycles. The van der Waals surface area contributed by atoms with Gasteiger partial charge in [0, 0.05) is 10.9 Å². The number of aliphatic hydroxyl groups excluding tert-OH is 1. The van der Waals surface area contributed by atoms with Crippen molar-refractivity contribution in [2.24, 2.45) is 0 Å². The molecule has 4 aromatic rings. The third-order valence-corrected chi connectivity index (χ3v) is 7.10. The summed E-state index contributed by atoms with van der Waals surface area (Å²) >= 11 is 0.826. The lowest BCUT2D eigenvalue weighted by atomic mass is 9.95. The van der Waals surface area contributed by atoms with Gasteiger partial charge in [-0.2, -0.15) is 0 Å². The highest BCUT2D eigenvalue weighted by Crippen LogP contribution is 2.45. The van der Waals surface area contributed by atoms with Crippen LogP contribution in [0.5, 0.6) is 5.75 Å². The lowest BCUT2D eigenvalue weighted by Gasteiger charge is -2.24. The Morgan fingerprint density at radius 1 is 1.16 bits per heavy atom. The molecule has 1 aliphatic rings. The second-order valence-corrected chi connectivity index (χ2v) is 9.06. The van der Waals surface area contributed by atoms with Gasteiger partial charge in [0.2, 0.25) is 5.78 Å². The van der Waals surface area contributed by atoms with E-state index in [1.54, 1.807) is 25.1 Å². The van der Waals surface area contributed by atoms with E-state index in [0.717, 1.165) is 16.2 Å². The highest BCUT2D eigenvalue weighted by molar-refractivity contribution is 7.17. The number of thiazole rings is 1. The molecule has 2 aromatic heterocycles. The zero-order valence-electron chi connectivity index (χ0n) is 19.8. The van der Waals surface area contributed by atoms with Crippen LogP contribution in [0.15, 0.2) is 64.3 Å². The average Bonchev–Trinajstić information content (AvgIpc) is 3.57. The van der Waals surface area contributed by atoms with Gasteiger partial charge in [0.25, 0.3) is 5.91 Å². The van der Waals surface area contributed by atoms with Crippen LogP contribution in [0.4, 0.5) is 9.52 Å². The summed E-state index contributed by atoms with van der Waals surface area (Å²) in [5.74, 6) is -3.84. The van der Waals surface area contributed by atoms with Crippen molar-refractivity contribution < 1.29 is 37.8 Å². The Bertz CT molecular complexity index is 1620. The molecule has 11 heteroatoms. The first kappa shape index (κ1) is 24.2. The number of Topliss-reactive ketones (excluding diaryl/α,β-unsaturated/α-hetero) is 1. The summed E-state index contributed by atoms with van der Waals surface area (Å²) in [6.45, 7) is 1.55. The lowest BCUT2D eigenvalue weighted by Crippen LogP contribution is -2.31. The minimum Gasteiger partial charge on any atom is -0.503 e. The maximum Gasteiger partial charge on any atom is 0.350 e. The number of hydrogen-bond acceptors (Lipinski definition) is 9. The van der Waals surface area contributed by atoms with Crippen molar-refractivity contribution >= 4 is 45.1 Å². The molecule has 0 aliphatic carbocycles. The highest BCUT2D eigenvalue weighted by atomic mass is 32.1. The van der Waals surface area contributed by atoms with Gasteiger partial charge in [0.1, 0.15) is 16.7 Å². The predicted octanol–water partition coefficient (Wildman–Crippen LogP) is 4.91. The van der Waals surface area contributed by atoms with Crippen LogP contribution < -0.4 is 9.64 Å². The molecule has 1 amide bonds. The number of methoxy groups -OCH3 is 2. The van der Waals surface area contributed by atoms with Gasteiger partial charge in [-0.05, 0) is 25.1 Å². The number of fused-ring (bicyclic) bond motifs is 1. The van der Waals surface area contributed by atoms with Gasteiger partial charge in [-0.25, -0.2) is 14.2 Å². The summed E-state index contributed by atoms with van der Waals surface area (Å²) in [6, 6.07) is 10.7. The molecular weight excluding hydrogens is 503 g/mol. The number of halogens is 1. The van der Waals surface area contributed by atoms with Crippen molar-refractivity contribution in [1.82, 2.24) is 4.98 Å². The fraction of sp³-hybridized carbons (Fsp3) is 0.154. The van der Waals surface area contributed by atoms with Crippen LogP contribution in [0.2, 0.25) is 0 Å². The lowest BCUT2D eigenvalue weighted by molar-refractivity contribution is -0.117. The molecule has 0 fully saturated rings. The van der Waals surface area contributed by atoms with Gasteiger partial charge in [0.05, 0.1) is 25.5 Å². The van der Waals surface area contributed by atoms with E-state index in [4.69, 9.17) is 13.9 Å². The molecule has 9 nitrogen and oxygen atoms in total. The van der Waals surface area contributed by atoms with Crippen molar-refractivity contribution in [3.8, 4) is 5.75 Å². The van der Waals surface area contributed by atoms with Crippen molar-refractivity contribution in [2.75, 3.05) is 19.1 Å². The summed E-state index contributed by atoms with van der Waals surface area (Å²) in [4.78, 5) is 44.6. The van der Waals surface area contributed by atoms with Crippen LogP contribution in [-0.2, 0) is 9.53 Å². The number of aryl methyl sites for hydroxylation is 1. The van der Waals surface area contributed by atoms with E-state index in [-0.39, 0.29) is 32.6 Å². The van der Waals surface area contributed by atoms with Crippen molar-refractivity contribution in [3.05, 3.63) is 87.6 Å². The highest BCUT2D eigenvalue weighted by Gasteiger charge is 2.47. The smallest absolute Gasteiger partial charge is 0.350 e. The number of amides is 1. The number of carbonyl (C=O) groups is 3. The van der Waals surface area contributed by atoms with Gasteiger partial charge in [-0.3, -0.25) is 14.5 Å². The minimum atomic E-state index is -1.38. The van der Waals surface area contributed by atoms with Crippen molar-refractivity contribution in [1.29, 1.82) is 0 Å². The summed E-state index contributed by atoms with van der Waals surface area (Å²) in [7, 11) is 2.66. The second kappa shape index (κ2) is 9.17. The molecule has 0 radical (unpaired) electrons. The Kier molecular flexibility index (Phi) is 6.00. The summed E-state index contributed by atoms with van der Waals surface area (Å²) < 4.78 is 30.9. The predicted molar refractivity (Wildman–Crippen MR) is 132 cm³/mol. The number of nitrogens with zero attached hydrogens (tertiary/aromatic N) is 2. The SMILES string of the molecule is COC(=O)c1sc(N2C(=O)C(O)=C(C(=O)c3cc4cccc(OC)c4o3)C2c2ccccc2F)nc1C. The zero-order valence-corrected chi connectivity index (χ0v) is 20.6. The van der Waals surface area contributed by atoms with Crippen LogP contribution in [-0.4, -0.2) is 42.0 Å². The second-order valence-electron chi connectivity index (χ2n) is 8.08. The van der Waals surface area contributed by atoms with Crippen LogP contribution in [0.25, 0.3) is 11.0 Å². The number of rotatable bonds is 6. The molecule has 3 heterocycles. The first-order valence-corrected chi connectivity index (χ1v) is 11.8. The van der Waals surface area contributed by atoms with Crippen LogP contribution >= 0.6 is 11.3 Å². The van der Waals surface area contributed by atoms with Gasteiger partial charge >= 0.3 is 5.97 Å². The molecule has 188 valence electrons. The largest absolute Gasteiger partial charge is 0.503 e. The molecule has 1 N–H and O–H groups in total. The third-order valence-electron chi connectivity index (χ3n) is 5.97. The zero-order chi connectivity index (χ0) is 26.4. The molecule has 1 unspecified atom stereocenters. The molecule has 2 aromatic carbocycles. The normalized spacial score (nSPS) is 15.5. The van der Waals surface area contributed by atoms with E-state index in [0.29, 0.717) is 16.7 Å². The number of para-hydroxylation sites is 1. The number of anilines is 1. The molecule has 37 heavy (non-hydrogen) atoms.